The number of anilines is 1. The molecule has 6 aromatic rings. The van der Waals surface area contributed by atoms with Gasteiger partial charge in [0.1, 0.15) is 24.7 Å². The Morgan fingerprint density at radius 1 is 0.787 bits per heavy atom. The molecule has 1 aliphatic carbocycles. The third-order valence-electron chi connectivity index (χ3n) is 15.6. The highest BCUT2D eigenvalue weighted by molar-refractivity contribution is 6.07. The number of nitrogens with one attached hydrogen (secondary N) is 3. The molecule has 16 nitrogen and oxygen atoms in total. The van der Waals surface area contributed by atoms with Gasteiger partial charge in [-0.3, -0.25) is 43.3 Å². The van der Waals surface area contributed by atoms with Gasteiger partial charge in [-0.05, 0) is 114 Å². The van der Waals surface area contributed by atoms with Crippen molar-refractivity contribution >= 4 is 52.3 Å². The van der Waals surface area contributed by atoms with Gasteiger partial charge in [-0.2, -0.15) is 0 Å². The number of ether oxygens (including phenoxy) is 2. The topological polar surface area (TPSA) is 213 Å². The van der Waals surface area contributed by atoms with E-state index in [0.29, 0.717) is 30.5 Å². The maximum Gasteiger partial charge on any atom is 0.407 e. The number of unbranched alkanes of at least 4 members (excludes halogenated alkanes) is 2. The summed E-state index contributed by atoms with van der Waals surface area (Å²) in [6.45, 7) is 2.21. The Labute approximate surface area is 434 Å². The van der Waals surface area contributed by atoms with E-state index in [-0.39, 0.29) is 56.4 Å². The largest absolute Gasteiger partial charge is 0.449 e. The molecule has 0 radical (unpaired) electrons. The number of imidazole rings is 1. The Morgan fingerprint density at radius 3 is 2.21 bits per heavy atom. The SMILES string of the molecule is C[C@@H](OCc1ccc(CCCCCc2cccc3c2n(C)c(=O)n3C2CCC(=O)NC2=O)cc1)[C@H](CCC(N)=O)NC(=O)[C@@H]1Cc2cccc3c2N1C(=O)[C@@H](NC(=O)OCC1c2ccccc2-c2ccccc21)CC3. The third-order valence-corrected chi connectivity index (χ3v) is 15.6. The summed E-state index contributed by atoms with van der Waals surface area (Å²) in [5.74, 6) is -2.21. The molecule has 10 rings (SSSR count). The second-order valence-electron chi connectivity index (χ2n) is 20.4. The van der Waals surface area contributed by atoms with Crippen molar-refractivity contribution < 1.29 is 38.2 Å². The summed E-state index contributed by atoms with van der Waals surface area (Å²) < 4.78 is 15.3. The predicted molar refractivity (Wildman–Crippen MR) is 283 cm³/mol. The van der Waals surface area contributed by atoms with Crippen molar-refractivity contribution in [3.05, 3.63) is 159 Å². The summed E-state index contributed by atoms with van der Waals surface area (Å²) >= 11 is 0. The van der Waals surface area contributed by atoms with Crippen LogP contribution in [0.3, 0.4) is 0 Å². The molecule has 5 aromatic carbocycles. The van der Waals surface area contributed by atoms with Gasteiger partial charge in [0.15, 0.2) is 0 Å². The number of alkyl carbamates (subject to hydrolysis) is 1. The Morgan fingerprint density at radius 2 is 1.48 bits per heavy atom. The van der Waals surface area contributed by atoms with Crippen LogP contribution in [0.1, 0.15) is 109 Å². The lowest BCUT2D eigenvalue weighted by atomic mass is 9.98. The molecule has 4 aliphatic rings. The van der Waals surface area contributed by atoms with Crippen molar-refractivity contribution in [2.24, 2.45) is 12.8 Å². The summed E-state index contributed by atoms with van der Waals surface area (Å²) in [6, 6.07) is 32.9. The molecule has 5 atom stereocenters. The number of primary amides is 1. The molecule has 388 valence electrons. The smallest absolute Gasteiger partial charge is 0.407 e. The summed E-state index contributed by atoms with van der Waals surface area (Å²) in [4.78, 5) is 93.9. The number of carbonyl (C=O) groups is 6. The first kappa shape index (κ1) is 50.7. The third kappa shape index (κ3) is 10.5. The number of aromatic nitrogens is 2. The minimum Gasteiger partial charge on any atom is -0.449 e. The number of aryl methyl sites for hydroxylation is 4. The highest BCUT2D eigenvalue weighted by Gasteiger charge is 2.45. The zero-order valence-corrected chi connectivity index (χ0v) is 42.3. The van der Waals surface area contributed by atoms with Crippen molar-refractivity contribution in [2.75, 3.05) is 11.5 Å². The number of nitrogens with two attached hydrogens (primary N) is 1. The van der Waals surface area contributed by atoms with Crippen LogP contribution in [0, 0.1) is 0 Å². The lowest BCUT2D eigenvalue weighted by Gasteiger charge is -2.31. The van der Waals surface area contributed by atoms with Crippen molar-refractivity contribution in [3.8, 4) is 11.1 Å². The second kappa shape index (κ2) is 21.9. The van der Waals surface area contributed by atoms with E-state index in [4.69, 9.17) is 15.2 Å². The molecule has 0 bridgehead atoms. The number of fused-ring (bicyclic) bond motifs is 4. The van der Waals surface area contributed by atoms with E-state index in [0.717, 1.165) is 82.1 Å². The molecule has 1 aromatic heterocycles. The normalized spacial score (nSPS) is 18.7. The quantitative estimate of drug-likeness (QED) is 0.0499. The number of carbonyl (C=O) groups excluding carboxylic acids is 6. The number of para-hydroxylation sites is 2. The molecule has 4 heterocycles. The lowest BCUT2D eigenvalue weighted by Crippen LogP contribution is -2.56. The molecule has 1 unspecified atom stereocenters. The molecular formula is C59H63N7O9. The average molecular weight is 1010 g/mol. The molecular weight excluding hydrogens is 951 g/mol. The first-order chi connectivity index (χ1) is 36.3. The van der Waals surface area contributed by atoms with Gasteiger partial charge < -0.3 is 25.8 Å². The fraction of sp³-hybridized carbons (Fsp3) is 0.373. The molecule has 3 aliphatic heterocycles. The zero-order valence-electron chi connectivity index (χ0n) is 42.3. The Kier molecular flexibility index (Phi) is 14.8. The van der Waals surface area contributed by atoms with Gasteiger partial charge in [-0.25, -0.2) is 9.59 Å². The van der Waals surface area contributed by atoms with Crippen LogP contribution in [-0.2, 0) is 72.8 Å². The molecule has 75 heavy (non-hydrogen) atoms. The Balaban J connectivity index is 0.725. The zero-order chi connectivity index (χ0) is 52.3. The summed E-state index contributed by atoms with van der Waals surface area (Å²) in [5.41, 5.74) is 16.9. The van der Waals surface area contributed by atoms with Crippen LogP contribution in [0.4, 0.5) is 10.5 Å². The van der Waals surface area contributed by atoms with Gasteiger partial charge in [-0.15, -0.1) is 0 Å². The van der Waals surface area contributed by atoms with Gasteiger partial charge in [0.2, 0.25) is 29.5 Å². The summed E-state index contributed by atoms with van der Waals surface area (Å²) in [5, 5.41) is 8.34. The van der Waals surface area contributed by atoms with E-state index >= 15 is 0 Å². The minimum absolute atomic E-state index is 0.0184. The molecule has 16 heteroatoms. The highest BCUT2D eigenvalue weighted by atomic mass is 16.5. The fourth-order valence-electron chi connectivity index (χ4n) is 11.7. The first-order valence-corrected chi connectivity index (χ1v) is 26.2. The van der Waals surface area contributed by atoms with E-state index in [1.165, 1.54) is 15.0 Å². The van der Waals surface area contributed by atoms with E-state index < -0.39 is 60.0 Å². The molecule has 0 saturated carbocycles. The maximum absolute atomic E-state index is 14.5. The van der Waals surface area contributed by atoms with Crippen molar-refractivity contribution in [3.63, 3.8) is 0 Å². The molecule has 0 spiro atoms. The number of amides is 6. The predicted octanol–water partition coefficient (Wildman–Crippen LogP) is 6.74. The number of rotatable bonds is 19. The summed E-state index contributed by atoms with van der Waals surface area (Å²) in [6.07, 6.45) is 5.12. The van der Waals surface area contributed by atoms with Crippen LogP contribution in [0.15, 0.2) is 114 Å². The summed E-state index contributed by atoms with van der Waals surface area (Å²) in [7, 11) is 1.73. The van der Waals surface area contributed by atoms with Crippen LogP contribution < -0.4 is 32.3 Å². The van der Waals surface area contributed by atoms with Gasteiger partial charge >= 0.3 is 11.8 Å². The Hall–Kier alpha value is -7.85. The standard InChI is InChI=1S/C59H63N7O9/c1-35(74-33-37-24-22-36(23-25-37)12-4-3-5-13-38-15-11-21-48-54(38)64(2)59(73)65(48)49-29-31-52(68)63-55(49)69)46(28-30-51(60)67)61-56(70)50-32-40-16-10-14-39-26-27-47(57(71)66(50)53(39)40)62-58(72)75-34-45-43-19-8-6-17-41(43)42-18-7-9-20-44(42)45/h6-11,14-25,35,45-47,49-50H,3-5,12-13,26-34H2,1-2H3,(H2,60,67)(H,61,70)(H,62,72)(H,63,68,69)/t35-,46+,47+,49?,50+/m1/s1. The van der Waals surface area contributed by atoms with E-state index in [2.05, 4.69) is 40.2 Å². The van der Waals surface area contributed by atoms with Crippen LogP contribution in [0.5, 0.6) is 0 Å². The molecule has 1 fully saturated rings. The van der Waals surface area contributed by atoms with Gasteiger partial charge in [0.05, 0.1) is 35.5 Å². The molecule has 5 N–H and O–H groups in total. The van der Waals surface area contributed by atoms with Crippen LogP contribution >= 0.6 is 0 Å². The monoisotopic (exact) mass is 1010 g/mol. The van der Waals surface area contributed by atoms with E-state index in [1.54, 1.807) is 11.6 Å². The van der Waals surface area contributed by atoms with Crippen molar-refractivity contribution in [1.82, 2.24) is 25.1 Å². The number of imide groups is 1. The molecule has 1 saturated heterocycles. The number of benzene rings is 5. The first-order valence-electron chi connectivity index (χ1n) is 26.2. The van der Waals surface area contributed by atoms with E-state index in [1.807, 2.05) is 91.9 Å². The number of piperidine rings is 1. The Bertz CT molecular complexity index is 3210. The van der Waals surface area contributed by atoms with Gasteiger partial charge in [0, 0.05) is 32.2 Å². The lowest BCUT2D eigenvalue weighted by molar-refractivity contribution is -0.135. The van der Waals surface area contributed by atoms with Crippen molar-refractivity contribution in [2.45, 2.75) is 127 Å². The van der Waals surface area contributed by atoms with Crippen molar-refractivity contribution in [1.29, 1.82) is 0 Å². The molecule has 6 amide bonds. The van der Waals surface area contributed by atoms with Crippen LogP contribution in [-0.4, -0.2) is 75.6 Å². The second-order valence-corrected chi connectivity index (χ2v) is 20.4. The van der Waals surface area contributed by atoms with Gasteiger partial charge in [0.25, 0.3) is 0 Å². The van der Waals surface area contributed by atoms with Crippen LogP contribution in [0.2, 0.25) is 0 Å². The minimum atomic E-state index is -0.936. The fourth-order valence-corrected chi connectivity index (χ4v) is 11.7. The van der Waals surface area contributed by atoms with Crippen LogP contribution in [0.25, 0.3) is 22.2 Å². The van der Waals surface area contributed by atoms with Gasteiger partial charge in [-0.1, -0.05) is 110 Å². The average Bonchev–Trinajstić information content (AvgIpc) is 4.03. The highest BCUT2D eigenvalue weighted by Crippen LogP contribution is 2.45. The number of hydrogen-bond donors (Lipinski definition) is 4. The number of hydrogen-bond acceptors (Lipinski definition) is 9. The maximum atomic E-state index is 14.5. The van der Waals surface area contributed by atoms with E-state index in [9.17, 15) is 33.6 Å². The number of nitrogens with zero attached hydrogens (tertiary/aromatic N) is 3.